The largest absolute Gasteiger partial charge is 0.396 e. The van der Waals surface area contributed by atoms with Crippen molar-refractivity contribution in [1.82, 2.24) is 20.2 Å². The third-order valence-corrected chi connectivity index (χ3v) is 3.77. The Hall–Kier alpha value is -1.89. The molecule has 2 aromatic heterocycles. The molecule has 1 fully saturated rings. The molecule has 108 valence electrons. The maximum Gasteiger partial charge on any atom is 0.226 e. The van der Waals surface area contributed by atoms with E-state index >= 15 is 0 Å². The van der Waals surface area contributed by atoms with E-state index in [1.165, 1.54) is 0 Å². The van der Waals surface area contributed by atoms with Crippen LogP contribution in [0.2, 0.25) is 0 Å². The normalized spacial score (nSPS) is 16.3. The third kappa shape index (κ3) is 2.53. The summed E-state index contributed by atoms with van der Waals surface area (Å²) in [6, 6.07) is 0. The van der Waals surface area contributed by atoms with E-state index in [2.05, 4.69) is 37.7 Å². The van der Waals surface area contributed by atoms with Crippen LogP contribution in [0, 0.1) is 5.41 Å². The van der Waals surface area contributed by atoms with Crippen molar-refractivity contribution < 1.29 is 5.11 Å². The van der Waals surface area contributed by atoms with E-state index in [-0.39, 0.29) is 12.0 Å². The highest BCUT2D eigenvalue weighted by atomic mass is 16.3. The molecular formula is C13H20N6O. The van der Waals surface area contributed by atoms with Gasteiger partial charge in [0.15, 0.2) is 5.65 Å². The minimum atomic E-state index is 0.0397. The Morgan fingerprint density at radius 2 is 2.20 bits per heavy atom. The number of hydrogen-bond donors (Lipinski definition) is 4. The van der Waals surface area contributed by atoms with Crippen LogP contribution in [0.3, 0.4) is 0 Å². The molecule has 1 aliphatic carbocycles. The molecule has 1 saturated carbocycles. The van der Waals surface area contributed by atoms with Crippen molar-refractivity contribution in [2.24, 2.45) is 5.41 Å². The quantitative estimate of drug-likeness (QED) is 0.609. The molecule has 0 amide bonds. The van der Waals surface area contributed by atoms with Crippen LogP contribution in [0.15, 0.2) is 6.20 Å². The van der Waals surface area contributed by atoms with Gasteiger partial charge in [0, 0.05) is 18.5 Å². The zero-order valence-corrected chi connectivity index (χ0v) is 11.6. The number of hydrogen-bond acceptors (Lipinski definition) is 6. The highest BCUT2D eigenvalue weighted by Crippen LogP contribution is 2.45. The van der Waals surface area contributed by atoms with Crippen molar-refractivity contribution in [3.05, 3.63) is 6.20 Å². The molecule has 3 rings (SSSR count). The van der Waals surface area contributed by atoms with Gasteiger partial charge in [-0.05, 0) is 19.3 Å². The number of aromatic nitrogens is 4. The van der Waals surface area contributed by atoms with Gasteiger partial charge >= 0.3 is 0 Å². The minimum Gasteiger partial charge on any atom is -0.396 e. The Morgan fingerprint density at radius 3 is 2.90 bits per heavy atom. The number of H-pyrrole nitrogens is 1. The average Bonchev–Trinajstić information content (AvgIpc) is 3.11. The first-order chi connectivity index (χ1) is 9.76. The molecule has 0 spiro atoms. The number of aliphatic hydroxyl groups is 1. The summed E-state index contributed by atoms with van der Waals surface area (Å²) in [6.07, 6.45) is 4.87. The molecule has 0 unspecified atom stereocenters. The molecule has 0 atom stereocenters. The molecule has 20 heavy (non-hydrogen) atoms. The van der Waals surface area contributed by atoms with Gasteiger partial charge in [0.05, 0.1) is 18.2 Å². The van der Waals surface area contributed by atoms with Crippen LogP contribution in [-0.2, 0) is 0 Å². The number of anilines is 2. The van der Waals surface area contributed by atoms with E-state index in [9.17, 15) is 5.11 Å². The van der Waals surface area contributed by atoms with Crippen molar-refractivity contribution in [1.29, 1.82) is 0 Å². The zero-order valence-electron chi connectivity index (χ0n) is 11.6. The number of nitrogens with zero attached hydrogens (tertiary/aromatic N) is 3. The van der Waals surface area contributed by atoms with E-state index in [1.807, 2.05) is 0 Å². The summed E-state index contributed by atoms with van der Waals surface area (Å²) in [6.45, 7) is 3.88. The highest BCUT2D eigenvalue weighted by Gasteiger charge is 2.41. The summed E-state index contributed by atoms with van der Waals surface area (Å²) >= 11 is 0. The maximum atomic E-state index is 9.37. The summed E-state index contributed by atoms with van der Waals surface area (Å²) in [7, 11) is 0. The fraction of sp³-hybridized carbons (Fsp3) is 0.615. The summed E-state index contributed by atoms with van der Waals surface area (Å²) in [5.74, 6) is 1.36. The predicted octanol–water partition coefficient (Wildman–Crippen LogP) is 1.36. The predicted molar refractivity (Wildman–Crippen MR) is 77.7 cm³/mol. The molecule has 2 heterocycles. The van der Waals surface area contributed by atoms with Crippen LogP contribution in [0.25, 0.3) is 11.0 Å². The molecule has 0 aliphatic heterocycles. The fourth-order valence-corrected chi connectivity index (χ4v) is 2.12. The Bertz CT molecular complexity index is 592. The molecule has 7 nitrogen and oxygen atoms in total. The van der Waals surface area contributed by atoms with Crippen molar-refractivity contribution >= 4 is 22.8 Å². The topological polar surface area (TPSA) is 98.8 Å². The second kappa shape index (κ2) is 5.24. The van der Waals surface area contributed by atoms with Gasteiger partial charge < -0.3 is 15.7 Å². The first-order valence-corrected chi connectivity index (χ1v) is 7.06. The monoisotopic (exact) mass is 276 g/mol. The Labute approximate surface area is 117 Å². The van der Waals surface area contributed by atoms with E-state index < -0.39 is 0 Å². The number of aliphatic hydroxyl groups excluding tert-OH is 1. The van der Waals surface area contributed by atoms with E-state index in [4.69, 9.17) is 0 Å². The first-order valence-electron chi connectivity index (χ1n) is 7.06. The molecule has 0 aromatic carbocycles. The van der Waals surface area contributed by atoms with Crippen molar-refractivity contribution in [2.75, 3.05) is 30.3 Å². The van der Waals surface area contributed by atoms with Crippen LogP contribution in [0.1, 0.15) is 26.2 Å². The van der Waals surface area contributed by atoms with Crippen LogP contribution in [0.5, 0.6) is 0 Å². The molecule has 2 aromatic rings. The zero-order chi connectivity index (χ0) is 14.0. The van der Waals surface area contributed by atoms with E-state index in [0.717, 1.165) is 49.2 Å². The number of nitrogens with one attached hydrogen (secondary N) is 3. The average molecular weight is 276 g/mol. The lowest BCUT2D eigenvalue weighted by molar-refractivity contribution is 0.219. The lowest BCUT2D eigenvalue weighted by Crippen LogP contribution is -2.20. The SMILES string of the molecule is CCCNc1nc(NCC2(CO)CC2)c2cn[nH]c2n1. The minimum absolute atomic E-state index is 0.0397. The lowest BCUT2D eigenvalue weighted by Gasteiger charge is -2.14. The first kappa shape index (κ1) is 13.1. The van der Waals surface area contributed by atoms with Crippen LogP contribution in [-0.4, -0.2) is 45.0 Å². The van der Waals surface area contributed by atoms with E-state index in [1.54, 1.807) is 6.20 Å². The van der Waals surface area contributed by atoms with Gasteiger partial charge in [-0.25, -0.2) is 0 Å². The molecule has 0 radical (unpaired) electrons. The van der Waals surface area contributed by atoms with Gasteiger partial charge in [-0.15, -0.1) is 0 Å². The summed E-state index contributed by atoms with van der Waals surface area (Å²) in [5, 5.41) is 23.7. The summed E-state index contributed by atoms with van der Waals surface area (Å²) < 4.78 is 0. The number of aromatic amines is 1. The molecular weight excluding hydrogens is 256 g/mol. The second-order valence-electron chi connectivity index (χ2n) is 5.47. The summed E-state index contributed by atoms with van der Waals surface area (Å²) in [5.41, 5.74) is 0.757. The molecule has 1 aliphatic rings. The number of fused-ring (bicyclic) bond motifs is 1. The van der Waals surface area contributed by atoms with Crippen molar-refractivity contribution in [2.45, 2.75) is 26.2 Å². The third-order valence-electron chi connectivity index (χ3n) is 3.77. The Morgan fingerprint density at radius 1 is 1.35 bits per heavy atom. The fourth-order valence-electron chi connectivity index (χ4n) is 2.12. The second-order valence-corrected chi connectivity index (χ2v) is 5.47. The van der Waals surface area contributed by atoms with Crippen LogP contribution >= 0.6 is 0 Å². The van der Waals surface area contributed by atoms with Gasteiger partial charge in [0.1, 0.15) is 5.82 Å². The molecule has 0 bridgehead atoms. The van der Waals surface area contributed by atoms with Crippen LogP contribution < -0.4 is 10.6 Å². The van der Waals surface area contributed by atoms with Gasteiger partial charge in [0.2, 0.25) is 5.95 Å². The van der Waals surface area contributed by atoms with Crippen molar-refractivity contribution in [3.8, 4) is 0 Å². The van der Waals surface area contributed by atoms with Crippen molar-refractivity contribution in [3.63, 3.8) is 0 Å². The smallest absolute Gasteiger partial charge is 0.226 e. The molecule has 4 N–H and O–H groups in total. The van der Waals surface area contributed by atoms with Gasteiger partial charge in [0.25, 0.3) is 0 Å². The Balaban J connectivity index is 1.81. The lowest BCUT2D eigenvalue weighted by atomic mass is 10.1. The standard InChI is InChI=1S/C13H20N6O/c1-2-5-14-12-17-10(9-6-16-19-11(9)18-12)15-7-13(8-20)3-4-13/h6,20H,2-5,7-8H2,1H3,(H3,14,15,16,17,18,19). The Kier molecular flexibility index (Phi) is 3.43. The summed E-state index contributed by atoms with van der Waals surface area (Å²) in [4.78, 5) is 8.88. The molecule has 0 saturated heterocycles. The number of rotatable bonds is 7. The van der Waals surface area contributed by atoms with E-state index in [0.29, 0.717) is 5.95 Å². The van der Waals surface area contributed by atoms with Gasteiger partial charge in [-0.2, -0.15) is 15.1 Å². The highest BCUT2D eigenvalue weighted by molar-refractivity contribution is 5.86. The van der Waals surface area contributed by atoms with Gasteiger partial charge in [-0.1, -0.05) is 6.92 Å². The van der Waals surface area contributed by atoms with Crippen LogP contribution in [0.4, 0.5) is 11.8 Å². The maximum absolute atomic E-state index is 9.37. The van der Waals surface area contributed by atoms with Gasteiger partial charge in [-0.3, -0.25) is 5.10 Å². The molecule has 7 heteroatoms.